The van der Waals surface area contributed by atoms with Crippen LogP contribution in [0, 0.1) is 0 Å². The van der Waals surface area contributed by atoms with Gasteiger partial charge in [-0.3, -0.25) is 4.79 Å². The predicted molar refractivity (Wildman–Crippen MR) is 78.1 cm³/mol. The van der Waals surface area contributed by atoms with Crippen molar-refractivity contribution in [3.8, 4) is 0 Å². The molecule has 0 bridgehead atoms. The normalized spacial score (nSPS) is 13.7. The largest absolute Gasteiger partial charge is 0.467 e. The van der Waals surface area contributed by atoms with Crippen molar-refractivity contribution < 1.29 is 19.4 Å². The number of amides is 1. The molecule has 0 aliphatic carbocycles. The Morgan fingerprint density at radius 2 is 1.95 bits per heavy atom. The van der Waals surface area contributed by atoms with E-state index < -0.39 is 18.1 Å². The lowest BCUT2D eigenvalue weighted by molar-refractivity contribution is -0.130. The number of rotatable bonds is 5. The summed E-state index contributed by atoms with van der Waals surface area (Å²) >= 11 is 11.7. The molecular formula is C14H13Cl2NO4. The fourth-order valence-electron chi connectivity index (χ4n) is 1.83. The van der Waals surface area contributed by atoms with E-state index in [2.05, 4.69) is 5.32 Å². The minimum absolute atomic E-state index is 0.265. The van der Waals surface area contributed by atoms with E-state index in [0.29, 0.717) is 15.8 Å². The van der Waals surface area contributed by atoms with E-state index in [1.165, 1.54) is 24.5 Å². The van der Waals surface area contributed by atoms with Crippen LogP contribution in [0.4, 0.5) is 0 Å². The monoisotopic (exact) mass is 329 g/mol. The molecule has 112 valence electrons. The molecule has 0 saturated carbocycles. The molecule has 1 aromatic heterocycles. The number of nitrogens with one attached hydrogen (secondary N) is 1. The summed E-state index contributed by atoms with van der Waals surface area (Å²) in [5.74, 6) is -0.300. The minimum Gasteiger partial charge on any atom is -0.467 e. The molecule has 3 N–H and O–H groups in total. The van der Waals surface area contributed by atoms with E-state index in [1.54, 1.807) is 12.1 Å². The van der Waals surface area contributed by atoms with Gasteiger partial charge in [0.1, 0.15) is 11.8 Å². The molecule has 1 heterocycles. The molecule has 2 aromatic rings. The highest BCUT2D eigenvalue weighted by Gasteiger charge is 2.23. The van der Waals surface area contributed by atoms with Crippen LogP contribution in [0.5, 0.6) is 0 Å². The van der Waals surface area contributed by atoms with Gasteiger partial charge in [0.15, 0.2) is 6.10 Å². The molecule has 2 atom stereocenters. The van der Waals surface area contributed by atoms with Crippen molar-refractivity contribution in [2.45, 2.75) is 12.1 Å². The summed E-state index contributed by atoms with van der Waals surface area (Å²) in [6, 6.07) is 6.89. The molecule has 1 aromatic carbocycles. The third-order valence-electron chi connectivity index (χ3n) is 2.83. The van der Waals surface area contributed by atoms with Crippen LogP contribution in [0.2, 0.25) is 10.0 Å². The first kappa shape index (κ1) is 15.9. The van der Waals surface area contributed by atoms with E-state index >= 15 is 0 Å². The maximum Gasteiger partial charge on any atom is 0.254 e. The van der Waals surface area contributed by atoms with E-state index in [-0.39, 0.29) is 12.2 Å². The van der Waals surface area contributed by atoms with Crippen molar-refractivity contribution in [1.82, 2.24) is 5.32 Å². The molecular weight excluding hydrogens is 317 g/mol. The maximum absolute atomic E-state index is 12.0. The molecule has 2 unspecified atom stereocenters. The lowest BCUT2D eigenvalue weighted by Crippen LogP contribution is -2.34. The summed E-state index contributed by atoms with van der Waals surface area (Å²) in [5, 5.41) is 22.4. The van der Waals surface area contributed by atoms with E-state index in [4.69, 9.17) is 27.6 Å². The van der Waals surface area contributed by atoms with Crippen LogP contribution in [0.3, 0.4) is 0 Å². The Labute approximate surface area is 131 Å². The predicted octanol–water partition coefficient (Wildman–Crippen LogP) is 2.47. The standard InChI is InChI=1S/C14H13Cl2NO4/c15-9-4-8(5-10(16)6-9)13(19)14(20)17-11(7-18)12-2-1-3-21-12/h1-6,11,13,18-19H,7H2,(H,17,20). The highest BCUT2D eigenvalue weighted by atomic mass is 35.5. The first-order valence-electron chi connectivity index (χ1n) is 6.10. The topological polar surface area (TPSA) is 82.7 Å². The van der Waals surface area contributed by atoms with Gasteiger partial charge in [0.05, 0.1) is 12.9 Å². The SMILES string of the molecule is O=C(NC(CO)c1ccco1)C(O)c1cc(Cl)cc(Cl)c1. The Kier molecular flexibility index (Phi) is 5.25. The fourth-order valence-corrected chi connectivity index (χ4v) is 2.37. The van der Waals surface area contributed by atoms with Gasteiger partial charge in [0.2, 0.25) is 0 Å². The Morgan fingerprint density at radius 3 is 2.48 bits per heavy atom. The van der Waals surface area contributed by atoms with Gasteiger partial charge in [-0.05, 0) is 35.9 Å². The summed E-state index contributed by atoms with van der Waals surface area (Å²) < 4.78 is 5.11. The molecule has 1 amide bonds. The second-order valence-corrected chi connectivity index (χ2v) is 5.24. The van der Waals surface area contributed by atoms with Crippen LogP contribution >= 0.6 is 23.2 Å². The molecule has 0 radical (unpaired) electrons. The smallest absolute Gasteiger partial charge is 0.254 e. The number of hydrogen-bond donors (Lipinski definition) is 3. The van der Waals surface area contributed by atoms with Crippen LogP contribution in [-0.4, -0.2) is 22.7 Å². The van der Waals surface area contributed by atoms with Gasteiger partial charge in [0.25, 0.3) is 5.91 Å². The Bertz CT molecular complexity index is 595. The third-order valence-corrected chi connectivity index (χ3v) is 3.27. The molecule has 0 aliphatic rings. The summed E-state index contributed by atoms with van der Waals surface area (Å²) in [6.45, 7) is -0.359. The van der Waals surface area contributed by atoms with Crippen LogP contribution in [0.1, 0.15) is 23.5 Å². The summed E-state index contributed by atoms with van der Waals surface area (Å²) in [7, 11) is 0. The summed E-state index contributed by atoms with van der Waals surface area (Å²) in [6.07, 6.45) is -0.0256. The third kappa shape index (κ3) is 3.98. The number of aliphatic hydroxyl groups is 2. The zero-order chi connectivity index (χ0) is 15.4. The molecule has 21 heavy (non-hydrogen) atoms. The highest BCUT2D eigenvalue weighted by molar-refractivity contribution is 6.34. The molecule has 5 nitrogen and oxygen atoms in total. The number of carbonyl (C=O) groups excluding carboxylic acids is 1. The van der Waals surface area contributed by atoms with Gasteiger partial charge in [-0.2, -0.15) is 0 Å². The van der Waals surface area contributed by atoms with Gasteiger partial charge in [-0.15, -0.1) is 0 Å². The molecule has 0 fully saturated rings. The van der Waals surface area contributed by atoms with Crippen molar-refractivity contribution in [1.29, 1.82) is 0 Å². The van der Waals surface area contributed by atoms with Gasteiger partial charge >= 0.3 is 0 Å². The van der Waals surface area contributed by atoms with Crippen molar-refractivity contribution in [3.05, 3.63) is 58.0 Å². The quantitative estimate of drug-likeness (QED) is 0.786. The van der Waals surface area contributed by atoms with Crippen LogP contribution < -0.4 is 5.32 Å². The minimum atomic E-state index is -1.45. The Morgan fingerprint density at radius 1 is 1.29 bits per heavy atom. The van der Waals surface area contributed by atoms with Crippen molar-refractivity contribution in [2.75, 3.05) is 6.61 Å². The van der Waals surface area contributed by atoms with E-state index in [9.17, 15) is 15.0 Å². The number of carbonyl (C=O) groups is 1. The van der Waals surface area contributed by atoms with Crippen molar-refractivity contribution >= 4 is 29.1 Å². The zero-order valence-corrected chi connectivity index (χ0v) is 12.3. The number of halogens is 2. The number of furan rings is 1. The Hall–Kier alpha value is -1.53. The second kappa shape index (κ2) is 6.95. The summed E-state index contributed by atoms with van der Waals surface area (Å²) in [5.41, 5.74) is 0.265. The van der Waals surface area contributed by atoms with Gasteiger partial charge < -0.3 is 19.9 Å². The number of benzene rings is 1. The van der Waals surface area contributed by atoms with E-state index in [1.807, 2.05) is 0 Å². The lowest BCUT2D eigenvalue weighted by Gasteiger charge is -2.17. The van der Waals surface area contributed by atoms with Crippen molar-refractivity contribution in [2.24, 2.45) is 0 Å². The van der Waals surface area contributed by atoms with Crippen LogP contribution in [0.15, 0.2) is 41.0 Å². The summed E-state index contributed by atoms with van der Waals surface area (Å²) in [4.78, 5) is 12.0. The van der Waals surface area contributed by atoms with Crippen molar-refractivity contribution in [3.63, 3.8) is 0 Å². The van der Waals surface area contributed by atoms with Gasteiger partial charge in [-0.25, -0.2) is 0 Å². The van der Waals surface area contributed by atoms with E-state index in [0.717, 1.165) is 0 Å². The average molecular weight is 330 g/mol. The van der Waals surface area contributed by atoms with Gasteiger partial charge in [0, 0.05) is 10.0 Å². The van der Waals surface area contributed by atoms with Gasteiger partial charge in [-0.1, -0.05) is 23.2 Å². The number of hydrogen-bond acceptors (Lipinski definition) is 4. The second-order valence-electron chi connectivity index (χ2n) is 4.36. The molecule has 7 heteroatoms. The van der Waals surface area contributed by atoms with Crippen LogP contribution in [-0.2, 0) is 4.79 Å². The fraction of sp³-hybridized carbons (Fsp3) is 0.214. The zero-order valence-electron chi connectivity index (χ0n) is 10.8. The lowest BCUT2D eigenvalue weighted by atomic mass is 10.1. The average Bonchev–Trinajstić information content (AvgIpc) is 2.96. The molecule has 2 rings (SSSR count). The molecule has 0 aliphatic heterocycles. The Balaban J connectivity index is 2.11. The van der Waals surface area contributed by atoms with Crippen LogP contribution in [0.25, 0.3) is 0 Å². The highest BCUT2D eigenvalue weighted by Crippen LogP contribution is 2.24. The first-order valence-corrected chi connectivity index (χ1v) is 6.85. The maximum atomic E-state index is 12.0. The molecule has 0 spiro atoms. The number of aliphatic hydroxyl groups excluding tert-OH is 2. The first-order chi connectivity index (χ1) is 10.0. The molecule has 0 saturated heterocycles.